The van der Waals surface area contributed by atoms with Gasteiger partial charge in [0.2, 0.25) is 0 Å². The van der Waals surface area contributed by atoms with Crippen molar-refractivity contribution in [1.82, 2.24) is 0 Å². The minimum absolute atomic E-state index is 0. The van der Waals surface area contributed by atoms with E-state index in [-0.39, 0.29) is 12.4 Å². The quantitative estimate of drug-likeness (QED) is 0.579. The average Bonchev–Trinajstić information content (AvgIpc) is 1.81. The van der Waals surface area contributed by atoms with Crippen molar-refractivity contribution in [2.45, 2.75) is 19.6 Å². The molecule has 0 amide bonds. The Morgan fingerprint density at radius 3 is 2.83 bits per heavy atom. The van der Waals surface area contributed by atoms with E-state index in [1.807, 2.05) is 0 Å². The highest BCUT2D eigenvalue weighted by Gasteiger charge is 1.67. The van der Waals surface area contributed by atoms with Crippen LogP contribution in [0.2, 0.25) is 0 Å². The van der Waals surface area contributed by atoms with Crippen molar-refractivity contribution < 1.29 is 12.3 Å². The number of halogens is 1. The third-order valence-corrected chi connectivity index (χ3v) is 0.135. The van der Waals surface area contributed by atoms with Gasteiger partial charge in [0.05, 0.1) is 0 Å². The van der Waals surface area contributed by atoms with Crippen LogP contribution >= 0.6 is 12.4 Å². The van der Waals surface area contributed by atoms with Gasteiger partial charge in [0.1, 0.15) is 0 Å². The molecule has 0 saturated heterocycles. The zero-order valence-electron chi connectivity index (χ0n) is 12.0. The SMILES string of the molecule is Cl.[2H]C([2H])([2H])C([2H])([2H])C([2H])([2H])C([2H])([2H])N. The first-order chi connectivity index (χ1) is 5.75. The van der Waals surface area contributed by atoms with Crippen LogP contribution in [-0.2, 0) is 0 Å². The summed E-state index contributed by atoms with van der Waals surface area (Å²) in [5, 5.41) is 0. The van der Waals surface area contributed by atoms with Gasteiger partial charge in [0.25, 0.3) is 0 Å². The Kier molecular flexibility index (Phi) is 1.47. The molecule has 2 heteroatoms. The van der Waals surface area contributed by atoms with Crippen LogP contribution in [0.1, 0.15) is 31.9 Å². The lowest BCUT2D eigenvalue weighted by Crippen LogP contribution is -1.95. The van der Waals surface area contributed by atoms with Gasteiger partial charge >= 0.3 is 0 Å². The predicted octanol–water partition coefficient (Wildman–Crippen LogP) is 1.17. The fourth-order valence-electron chi connectivity index (χ4n) is 0.0361. The lowest BCUT2D eigenvalue weighted by atomic mass is 10.3. The molecule has 0 spiro atoms. The summed E-state index contributed by atoms with van der Waals surface area (Å²) in [5.74, 6) is 0. The van der Waals surface area contributed by atoms with Gasteiger partial charge in [-0.3, -0.25) is 0 Å². The largest absolute Gasteiger partial charge is 0.330 e. The maximum atomic E-state index is 7.07. The zero-order chi connectivity index (χ0) is 12.0. The molecule has 0 heterocycles. The van der Waals surface area contributed by atoms with Crippen molar-refractivity contribution in [2.24, 2.45) is 5.73 Å². The first-order valence-corrected chi connectivity index (χ1v) is 1.04. The van der Waals surface area contributed by atoms with E-state index in [9.17, 15) is 0 Å². The normalized spacial score (nSPS) is 38.5. The Balaban J connectivity index is 0. The fourth-order valence-corrected chi connectivity index (χ4v) is 0.0361. The molecule has 2 N–H and O–H groups in total. The van der Waals surface area contributed by atoms with Gasteiger partial charge < -0.3 is 5.73 Å². The lowest BCUT2D eigenvalue weighted by Gasteiger charge is -1.80. The molecule has 0 unspecified atom stereocenters. The molecule has 0 aliphatic rings. The summed E-state index contributed by atoms with van der Waals surface area (Å²) in [4.78, 5) is 0. The van der Waals surface area contributed by atoms with Crippen LogP contribution in [0.3, 0.4) is 0 Å². The van der Waals surface area contributed by atoms with E-state index in [4.69, 9.17) is 18.1 Å². The smallest absolute Gasteiger partial charge is 0.0425 e. The monoisotopic (exact) mass is 118 g/mol. The Labute approximate surface area is 58.0 Å². The molecule has 1 nitrogen and oxygen atoms in total. The molecule has 0 aliphatic heterocycles. The Morgan fingerprint density at radius 2 is 2.67 bits per heavy atom. The fraction of sp³-hybridized carbons (Fsp3) is 1.00. The highest BCUT2D eigenvalue weighted by atomic mass is 35.5. The predicted molar refractivity (Wildman–Crippen MR) is 31.2 cm³/mol. The van der Waals surface area contributed by atoms with E-state index in [1.54, 1.807) is 0 Å². The molecule has 0 atom stereocenters. The molecule has 0 fully saturated rings. The lowest BCUT2D eigenvalue weighted by molar-refractivity contribution is 0.807. The second-order valence-electron chi connectivity index (χ2n) is 0.394. The Hall–Kier alpha value is 0.250. The van der Waals surface area contributed by atoms with Crippen LogP contribution in [0.4, 0.5) is 0 Å². The topological polar surface area (TPSA) is 26.0 Å². The van der Waals surface area contributed by atoms with Crippen molar-refractivity contribution in [3.63, 3.8) is 0 Å². The van der Waals surface area contributed by atoms with Crippen LogP contribution in [0.15, 0.2) is 0 Å². The van der Waals surface area contributed by atoms with Gasteiger partial charge in [-0.25, -0.2) is 0 Å². The van der Waals surface area contributed by atoms with Gasteiger partial charge in [-0.2, -0.15) is 0 Å². The summed E-state index contributed by atoms with van der Waals surface area (Å²) >= 11 is 0. The molecule has 6 heavy (non-hydrogen) atoms. The molecule has 0 radical (unpaired) electrons. The van der Waals surface area contributed by atoms with Gasteiger partial charge in [0, 0.05) is 12.3 Å². The summed E-state index contributed by atoms with van der Waals surface area (Å²) in [7, 11) is 0. The molecular formula is C4H12ClN. The van der Waals surface area contributed by atoms with Crippen molar-refractivity contribution in [1.29, 1.82) is 0 Å². The van der Waals surface area contributed by atoms with Crippen LogP contribution in [0.25, 0.3) is 0 Å². The number of hydrogen-bond acceptors (Lipinski definition) is 1. The van der Waals surface area contributed by atoms with Crippen LogP contribution in [-0.4, -0.2) is 6.50 Å². The van der Waals surface area contributed by atoms with Gasteiger partial charge in [0.15, 0.2) is 0 Å². The molecule has 0 aromatic carbocycles. The van der Waals surface area contributed by atoms with Crippen molar-refractivity contribution in [3.05, 3.63) is 0 Å². The minimum Gasteiger partial charge on any atom is -0.330 e. The van der Waals surface area contributed by atoms with E-state index in [0.29, 0.717) is 0 Å². The van der Waals surface area contributed by atoms with E-state index < -0.39 is 26.1 Å². The summed E-state index contributed by atoms with van der Waals surface area (Å²) in [6.45, 7) is -6.34. The van der Waals surface area contributed by atoms with Gasteiger partial charge in [-0.1, -0.05) is 13.2 Å². The van der Waals surface area contributed by atoms with Crippen molar-refractivity contribution in [3.8, 4) is 0 Å². The summed E-state index contributed by atoms with van der Waals surface area (Å²) in [6.07, 6.45) is -6.65. The summed E-state index contributed by atoms with van der Waals surface area (Å²) in [5.41, 5.74) is 4.76. The molecule has 0 aliphatic carbocycles. The standard InChI is InChI=1S/C4H11N.ClH/c1-2-3-4-5;/h2-5H2,1H3;1H/i1D3,2D2,3D2,4D2;. The maximum absolute atomic E-state index is 7.07. The number of hydrogen-bond donors (Lipinski definition) is 1. The van der Waals surface area contributed by atoms with E-state index in [0.717, 1.165) is 0 Å². The molecule has 0 rings (SSSR count). The van der Waals surface area contributed by atoms with Gasteiger partial charge in [-0.05, 0) is 12.9 Å². The first kappa shape index (κ1) is 0.981. The highest BCUT2D eigenvalue weighted by molar-refractivity contribution is 5.85. The second kappa shape index (κ2) is 8.98. The van der Waals surface area contributed by atoms with E-state index in [2.05, 4.69) is 0 Å². The first-order valence-electron chi connectivity index (χ1n) is 5.54. The molecule has 0 aromatic heterocycles. The second-order valence-corrected chi connectivity index (χ2v) is 0.394. The average molecular weight is 119 g/mol. The molecule has 0 saturated carbocycles. The zero-order valence-corrected chi connectivity index (χ0v) is 3.80. The third-order valence-electron chi connectivity index (χ3n) is 0.135. The third kappa shape index (κ3) is 8.87. The van der Waals surface area contributed by atoms with Crippen molar-refractivity contribution in [2.75, 3.05) is 6.50 Å². The molecule has 40 valence electrons. The maximum Gasteiger partial charge on any atom is 0.0425 e. The summed E-state index contributed by atoms with van der Waals surface area (Å²) < 4.78 is 62.2. The van der Waals surface area contributed by atoms with Gasteiger partial charge in [-0.15, -0.1) is 12.4 Å². The molecular weight excluding hydrogens is 97.5 g/mol. The Morgan fingerprint density at radius 1 is 2.00 bits per heavy atom. The summed E-state index contributed by atoms with van der Waals surface area (Å²) in [6, 6.07) is 0. The minimum atomic E-state index is -3.35. The van der Waals surface area contributed by atoms with E-state index in [1.165, 1.54) is 0 Å². The number of nitrogens with two attached hydrogens (primary N) is 1. The highest BCUT2D eigenvalue weighted by Crippen LogP contribution is 1.77. The molecule has 0 aromatic rings. The van der Waals surface area contributed by atoms with Crippen LogP contribution in [0.5, 0.6) is 0 Å². The van der Waals surface area contributed by atoms with Crippen molar-refractivity contribution >= 4 is 12.4 Å². The van der Waals surface area contributed by atoms with Crippen LogP contribution in [0, 0.1) is 0 Å². The van der Waals surface area contributed by atoms with E-state index >= 15 is 0 Å². The Bertz CT molecular complexity index is 191. The van der Waals surface area contributed by atoms with Crippen LogP contribution < -0.4 is 5.73 Å². The molecule has 0 bridgehead atoms. The number of rotatable bonds is 2.